The lowest BCUT2D eigenvalue weighted by Crippen LogP contribution is -2.37. The van der Waals surface area contributed by atoms with Crippen LogP contribution in [-0.4, -0.2) is 36.0 Å². The van der Waals surface area contributed by atoms with E-state index in [2.05, 4.69) is 19.2 Å². The van der Waals surface area contributed by atoms with Crippen molar-refractivity contribution in [3.8, 4) is 0 Å². The van der Waals surface area contributed by atoms with Crippen molar-refractivity contribution in [3.05, 3.63) is 0 Å². The maximum absolute atomic E-state index is 9.34. The van der Waals surface area contributed by atoms with Crippen LogP contribution in [0.4, 0.5) is 0 Å². The summed E-state index contributed by atoms with van der Waals surface area (Å²) >= 11 is 0. The highest BCUT2D eigenvalue weighted by Crippen LogP contribution is 2.24. The number of hydrogen-bond donors (Lipinski definition) is 3. The lowest BCUT2D eigenvalue weighted by Gasteiger charge is -2.29. The van der Waals surface area contributed by atoms with Crippen molar-refractivity contribution in [2.24, 2.45) is 5.41 Å². The molecule has 0 aliphatic rings. The van der Waals surface area contributed by atoms with E-state index in [1.165, 1.54) is 0 Å². The lowest BCUT2D eigenvalue weighted by molar-refractivity contribution is 0.112. The minimum Gasteiger partial charge on any atom is -0.396 e. The van der Waals surface area contributed by atoms with E-state index >= 15 is 0 Å². The average Bonchev–Trinajstić information content (AvgIpc) is 2.24. The van der Waals surface area contributed by atoms with Crippen LogP contribution in [0.15, 0.2) is 0 Å². The van der Waals surface area contributed by atoms with Gasteiger partial charge >= 0.3 is 0 Å². The predicted molar refractivity (Wildman–Crippen MR) is 63.9 cm³/mol. The van der Waals surface area contributed by atoms with Gasteiger partial charge in [-0.15, -0.1) is 0 Å². The third-order valence-corrected chi connectivity index (χ3v) is 3.31. The number of aliphatic hydroxyl groups is 2. The third-order valence-electron chi connectivity index (χ3n) is 3.31. The van der Waals surface area contributed by atoms with Crippen LogP contribution in [0.3, 0.4) is 0 Å². The summed E-state index contributed by atoms with van der Waals surface area (Å²) in [5.41, 5.74) is 0.0465. The Morgan fingerprint density at radius 3 is 2.27 bits per heavy atom. The van der Waals surface area contributed by atoms with Crippen LogP contribution in [0.1, 0.15) is 46.5 Å². The first-order valence-corrected chi connectivity index (χ1v) is 6.10. The van der Waals surface area contributed by atoms with Gasteiger partial charge in [0.15, 0.2) is 0 Å². The fraction of sp³-hybridized carbons (Fsp3) is 1.00. The highest BCUT2D eigenvalue weighted by molar-refractivity contribution is 4.78. The van der Waals surface area contributed by atoms with E-state index in [4.69, 9.17) is 5.11 Å². The molecule has 1 atom stereocenters. The smallest absolute Gasteiger partial charge is 0.0512 e. The molecule has 0 spiro atoms. The molecule has 15 heavy (non-hydrogen) atoms. The van der Waals surface area contributed by atoms with Crippen molar-refractivity contribution < 1.29 is 10.2 Å². The molecule has 0 aliphatic carbocycles. The Balaban J connectivity index is 3.63. The maximum atomic E-state index is 9.34. The van der Waals surface area contributed by atoms with E-state index in [0.717, 1.165) is 38.8 Å². The van der Waals surface area contributed by atoms with Gasteiger partial charge in [-0.25, -0.2) is 0 Å². The molecule has 0 radical (unpaired) electrons. The molecule has 0 rings (SSSR count). The summed E-state index contributed by atoms with van der Waals surface area (Å²) in [5, 5.41) is 21.8. The normalized spacial score (nSPS) is 14.2. The van der Waals surface area contributed by atoms with Gasteiger partial charge in [-0.1, -0.05) is 13.8 Å². The first kappa shape index (κ1) is 14.9. The quantitative estimate of drug-likeness (QED) is 0.513. The van der Waals surface area contributed by atoms with Gasteiger partial charge in [-0.05, 0) is 39.2 Å². The predicted octanol–water partition coefficient (Wildman–Crippen LogP) is 1.54. The fourth-order valence-electron chi connectivity index (χ4n) is 1.66. The van der Waals surface area contributed by atoms with Crippen molar-refractivity contribution >= 4 is 0 Å². The van der Waals surface area contributed by atoms with Gasteiger partial charge in [0.1, 0.15) is 0 Å². The Kier molecular flexibility index (Phi) is 8.02. The molecule has 92 valence electrons. The zero-order valence-corrected chi connectivity index (χ0v) is 10.4. The van der Waals surface area contributed by atoms with Crippen LogP contribution >= 0.6 is 0 Å². The van der Waals surface area contributed by atoms with Crippen LogP contribution in [0.25, 0.3) is 0 Å². The van der Waals surface area contributed by atoms with Crippen LogP contribution in [0.2, 0.25) is 0 Å². The van der Waals surface area contributed by atoms with Crippen molar-refractivity contribution in [2.45, 2.75) is 52.6 Å². The van der Waals surface area contributed by atoms with Crippen LogP contribution < -0.4 is 5.32 Å². The molecule has 0 amide bonds. The molecule has 3 nitrogen and oxygen atoms in total. The summed E-state index contributed by atoms with van der Waals surface area (Å²) in [6.07, 6.45) is 3.64. The molecule has 3 heteroatoms. The summed E-state index contributed by atoms with van der Waals surface area (Å²) in [7, 11) is 0. The Hall–Kier alpha value is -0.120. The van der Waals surface area contributed by atoms with E-state index in [1.54, 1.807) is 0 Å². The molecule has 0 aliphatic heterocycles. The van der Waals surface area contributed by atoms with Crippen molar-refractivity contribution in [1.82, 2.24) is 5.32 Å². The number of nitrogens with one attached hydrogen (secondary N) is 1. The Bertz CT molecular complexity index is 136. The van der Waals surface area contributed by atoms with Gasteiger partial charge < -0.3 is 15.5 Å². The van der Waals surface area contributed by atoms with Crippen molar-refractivity contribution in [1.29, 1.82) is 0 Å². The molecule has 1 unspecified atom stereocenters. The van der Waals surface area contributed by atoms with Gasteiger partial charge in [0.05, 0.1) is 6.10 Å². The highest BCUT2D eigenvalue weighted by Gasteiger charge is 2.24. The highest BCUT2D eigenvalue weighted by atomic mass is 16.3. The summed E-state index contributed by atoms with van der Waals surface area (Å²) in [4.78, 5) is 0. The monoisotopic (exact) mass is 217 g/mol. The Labute approximate surface area is 93.9 Å². The summed E-state index contributed by atoms with van der Waals surface area (Å²) in [5.74, 6) is 0. The van der Waals surface area contributed by atoms with Gasteiger partial charge in [0.2, 0.25) is 0 Å². The number of aliphatic hydroxyl groups excluding tert-OH is 2. The second kappa shape index (κ2) is 8.08. The number of hydrogen-bond acceptors (Lipinski definition) is 3. The second-order valence-corrected chi connectivity index (χ2v) is 4.53. The molecule has 3 N–H and O–H groups in total. The molecule has 0 saturated heterocycles. The van der Waals surface area contributed by atoms with Gasteiger partial charge in [-0.3, -0.25) is 0 Å². The molecule has 0 aromatic carbocycles. The number of rotatable bonds is 9. The van der Waals surface area contributed by atoms with Crippen LogP contribution in [0.5, 0.6) is 0 Å². The summed E-state index contributed by atoms with van der Waals surface area (Å²) in [6, 6.07) is 0. The largest absolute Gasteiger partial charge is 0.396 e. The van der Waals surface area contributed by atoms with E-state index in [-0.39, 0.29) is 18.1 Å². The first-order valence-electron chi connectivity index (χ1n) is 6.10. The lowest BCUT2D eigenvalue weighted by atomic mass is 9.83. The zero-order chi connectivity index (χ0) is 11.7. The maximum Gasteiger partial charge on any atom is 0.0512 e. The minimum absolute atomic E-state index is 0.0465. The Morgan fingerprint density at radius 2 is 1.87 bits per heavy atom. The SMILES string of the molecule is CCC(CC)(CO)CNCCCC(C)O. The topological polar surface area (TPSA) is 52.5 Å². The molecule has 0 bridgehead atoms. The Morgan fingerprint density at radius 1 is 1.27 bits per heavy atom. The minimum atomic E-state index is -0.202. The van der Waals surface area contributed by atoms with E-state index in [0.29, 0.717) is 0 Å². The summed E-state index contributed by atoms with van der Waals surface area (Å²) in [6.45, 7) is 8.11. The molecule has 0 aromatic rings. The van der Waals surface area contributed by atoms with E-state index in [1.807, 2.05) is 6.92 Å². The van der Waals surface area contributed by atoms with E-state index in [9.17, 15) is 5.11 Å². The molecular weight excluding hydrogens is 190 g/mol. The molecular formula is C12H27NO2. The van der Waals surface area contributed by atoms with Crippen LogP contribution in [0, 0.1) is 5.41 Å². The third kappa shape index (κ3) is 6.13. The van der Waals surface area contributed by atoms with Crippen molar-refractivity contribution in [2.75, 3.05) is 19.7 Å². The van der Waals surface area contributed by atoms with Gasteiger partial charge in [-0.2, -0.15) is 0 Å². The molecule has 0 aromatic heterocycles. The van der Waals surface area contributed by atoms with Crippen molar-refractivity contribution in [3.63, 3.8) is 0 Å². The van der Waals surface area contributed by atoms with Gasteiger partial charge in [0.25, 0.3) is 0 Å². The standard InChI is InChI=1S/C12H27NO2/c1-4-12(5-2,10-14)9-13-8-6-7-11(3)15/h11,13-15H,4-10H2,1-3H3. The van der Waals surface area contributed by atoms with Gasteiger partial charge in [0, 0.05) is 18.6 Å². The summed E-state index contributed by atoms with van der Waals surface area (Å²) < 4.78 is 0. The zero-order valence-electron chi connectivity index (χ0n) is 10.4. The fourth-order valence-corrected chi connectivity index (χ4v) is 1.66. The molecule has 0 fully saturated rings. The second-order valence-electron chi connectivity index (χ2n) is 4.53. The molecule has 0 heterocycles. The van der Waals surface area contributed by atoms with E-state index < -0.39 is 0 Å². The first-order chi connectivity index (χ1) is 7.10. The average molecular weight is 217 g/mol. The molecule has 0 saturated carbocycles. The van der Waals surface area contributed by atoms with Crippen LogP contribution in [-0.2, 0) is 0 Å².